The quantitative estimate of drug-likeness (QED) is 0.746. The van der Waals surface area contributed by atoms with E-state index in [0.717, 1.165) is 5.56 Å². The maximum absolute atomic E-state index is 5.84. The highest BCUT2D eigenvalue weighted by Gasteiger charge is 2.09. The maximum Gasteiger partial charge on any atom is 0.254 e. The van der Waals surface area contributed by atoms with Crippen LogP contribution in [0.3, 0.4) is 0 Å². The van der Waals surface area contributed by atoms with Gasteiger partial charge in [-0.15, -0.1) is 10.2 Å². The fourth-order valence-corrected chi connectivity index (χ4v) is 1.90. The lowest BCUT2D eigenvalue weighted by atomic mass is 10.2. The molecule has 0 spiro atoms. The Hall–Kier alpha value is -2.53. The van der Waals surface area contributed by atoms with E-state index in [0.29, 0.717) is 28.2 Å². The van der Waals surface area contributed by atoms with Crippen LogP contribution in [-0.2, 0) is 6.61 Å². The van der Waals surface area contributed by atoms with Crippen molar-refractivity contribution >= 4 is 17.3 Å². The fourth-order valence-electron chi connectivity index (χ4n) is 1.77. The van der Waals surface area contributed by atoms with E-state index in [-0.39, 0.29) is 6.61 Å². The molecule has 1 heterocycles. The fraction of sp³-hybridized carbons (Fsp3) is 0.0667. The normalized spacial score (nSPS) is 10.5. The number of para-hydroxylation sites is 2. The van der Waals surface area contributed by atoms with E-state index in [4.69, 9.17) is 26.5 Å². The molecular weight excluding hydrogens is 290 g/mol. The average Bonchev–Trinajstić information content (AvgIpc) is 2.96. The van der Waals surface area contributed by atoms with Gasteiger partial charge in [0.05, 0.1) is 5.69 Å². The van der Waals surface area contributed by atoms with Crippen LogP contribution in [0.1, 0.15) is 5.89 Å². The number of nitrogens with zero attached hydrogens (tertiary/aromatic N) is 2. The van der Waals surface area contributed by atoms with Crippen LogP contribution in [0.25, 0.3) is 11.5 Å². The maximum atomic E-state index is 5.84. The van der Waals surface area contributed by atoms with Crippen molar-refractivity contribution in [3.63, 3.8) is 0 Å². The summed E-state index contributed by atoms with van der Waals surface area (Å²) in [6, 6.07) is 14.4. The molecule has 5 nitrogen and oxygen atoms in total. The van der Waals surface area contributed by atoms with Gasteiger partial charge in [-0.3, -0.25) is 0 Å². The molecule has 0 amide bonds. The molecule has 0 bridgehead atoms. The van der Waals surface area contributed by atoms with Gasteiger partial charge in [0.25, 0.3) is 5.89 Å². The van der Waals surface area contributed by atoms with Gasteiger partial charge < -0.3 is 14.9 Å². The van der Waals surface area contributed by atoms with E-state index < -0.39 is 0 Å². The number of aromatic nitrogens is 2. The van der Waals surface area contributed by atoms with Gasteiger partial charge in [0.15, 0.2) is 6.61 Å². The zero-order chi connectivity index (χ0) is 14.7. The Balaban J connectivity index is 1.71. The monoisotopic (exact) mass is 301 g/mol. The van der Waals surface area contributed by atoms with Crippen LogP contribution in [0.15, 0.2) is 52.9 Å². The zero-order valence-electron chi connectivity index (χ0n) is 11.0. The topological polar surface area (TPSA) is 74.2 Å². The average molecular weight is 302 g/mol. The molecule has 0 atom stereocenters. The van der Waals surface area contributed by atoms with E-state index in [1.54, 1.807) is 24.3 Å². The Morgan fingerprint density at radius 2 is 1.81 bits per heavy atom. The third-order valence-electron chi connectivity index (χ3n) is 2.83. The second-order valence-electron chi connectivity index (χ2n) is 4.33. The molecule has 0 aliphatic heterocycles. The SMILES string of the molecule is Nc1ccccc1OCc1nnc(-c2ccc(Cl)cc2)o1. The van der Waals surface area contributed by atoms with Crippen molar-refractivity contribution in [3.8, 4) is 17.2 Å². The second kappa shape index (κ2) is 5.85. The van der Waals surface area contributed by atoms with Gasteiger partial charge in [0.1, 0.15) is 5.75 Å². The molecule has 2 N–H and O–H groups in total. The summed E-state index contributed by atoms with van der Waals surface area (Å²) in [5.41, 5.74) is 7.16. The predicted molar refractivity (Wildman–Crippen MR) is 79.9 cm³/mol. The van der Waals surface area contributed by atoms with Crippen molar-refractivity contribution in [2.75, 3.05) is 5.73 Å². The highest BCUT2D eigenvalue weighted by Crippen LogP contribution is 2.23. The molecule has 3 rings (SSSR count). The third kappa shape index (κ3) is 3.14. The number of benzene rings is 2. The summed E-state index contributed by atoms with van der Waals surface area (Å²) in [7, 11) is 0. The summed E-state index contributed by atoms with van der Waals surface area (Å²) >= 11 is 5.84. The number of rotatable bonds is 4. The Kier molecular flexibility index (Phi) is 3.75. The summed E-state index contributed by atoms with van der Waals surface area (Å²) in [5.74, 6) is 1.39. The van der Waals surface area contributed by atoms with Crippen molar-refractivity contribution < 1.29 is 9.15 Å². The summed E-state index contributed by atoms with van der Waals surface area (Å²) < 4.78 is 11.1. The van der Waals surface area contributed by atoms with Gasteiger partial charge in [-0.2, -0.15) is 0 Å². The van der Waals surface area contributed by atoms with Crippen LogP contribution in [0, 0.1) is 0 Å². The number of ether oxygens (including phenoxy) is 1. The first kappa shape index (κ1) is 13.5. The van der Waals surface area contributed by atoms with Gasteiger partial charge in [-0.1, -0.05) is 23.7 Å². The van der Waals surface area contributed by atoms with Crippen molar-refractivity contribution in [2.45, 2.75) is 6.61 Å². The molecule has 0 unspecified atom stereocenters. The van der Waals surface area contributed by atoms with Gasteiger partial charge in [-0.25, -0.2) is 0 Å². The minimum absolute atomic E-state index is 0.162. The molecule has 3 aromatic rings. The first-order valence-electron chi connectivity index (χ1n) is 6.28. The molecule has 6 heteroatoms. The van der Waals surface area contributed by atoms with Crippen LogP contribution in [-0.4, -0.2) is 10.2 Å². The van der Waals surface area contributed by atoms with Gasteiger partial charge in [-0.05, 0) is 36.4 Å². The number of hydrogen-bond acceptors (Lipinski definition) is 5. The second-order valence-corrected chi connectivity index (χ2v) is 4.77. The number of halogens is 1. The summed E-state index contributed by atoms with van der Waals surface area (Å²) in [6.45, 7) is 0.162. The smallest absolute Gasteiger partial charge is 0.254 e. The lowest BCUT2D eigenvalue weighted by Gasteiger charge is -2.05. The van der Waals surface area contributed by atoms with Crippen molar-refractivity contribution in [3.05, 3.63) is 59.4 Å². The Labute approximate surface area is 126 Å². The van der Waals surface area contributed by atoms with Crippen LogP contribution >= 0.6 is 11.6 Å². The molecule has 1 aromatic heterocycles. The summed E-state index contributed by atoms with van der Waals surface area (Å²) in [4.78, 5) is 0. The standard InChI is InChI=1S/C15H12ClN3O2/c16-11-7-5-10(6-8-11)15-19-18-14(21-15)9-20-13-4-2-1-3-12(13)17/h1-8H,9,17H2. The van der Waals surface area contributed by atoms with Gasteiger partial charge >= 0.3 is 0 Å². The number of hydrogen-bond donors (Lipinski definition) is 1. The third-order valence-corrected chi connectivity index (χ3v) is 3.08. The van der Waals surface area contributed by atoms with Crippen LogP contribution < -0.4 is 10.5 Å². The first-order chi connectivity index (χ1) is 10.2. The molecule has 0 radical (unpaired) electrons. The Morgan fingerprint density at radius 1 is 1.05 bits per heavy atom. The lowest BCUT2D eigenvalue weighted by Crippen LogP contribution is -1.98. The predicted octanol–water partition coefficient (Wildman–Crippen LogP) is 3.55. The molecule has 0 saturated carbocycles. The minimum Gasteiger partial charge on any atom is -0.482 e. The molecule has 0 aliphatic carbocycles. The molecule has 0 aliphatic rings. The van der Waals surface area contributed by atoms with Crippen molar-refractivity contribution in [1.29, 1.82) is 0 Å². The number of anilines is 1. The zero-order valence-corrected chi connectivity index (χ0v) is 11.7. The van der Waals surface area contributed by atoms with Crippen LogP contribution in [0.4, 0.5) is 5.69 Å². The highest BCUT2D eigenvalue weighted by atomic mass is 35.5. The van der Waals surface area contributed by atoms with E-state index in [9.17, 15) is 0 Å². The van der Waals surface area contributed by atoms with Crippen molar-refractivity contribution in [1.82, 2.24) is 10.2 Å². The van der Waals surface area contributed by atoms with Crippen LogP contribution in [0.2, 0.25) is 5.02 Å². The number of nitrogen functional groups attached to an aromatic ring is 1. The molecule has 0 fully saturated rings. The Morgan fingerprint density at radius 3 is 2.57 bits per heavy atom. The molecule has 0 saturated heterocycles. The van der Waals surface area contributed by atoms with E-state index >= 15 is 0 Å². The Bertz CT molecular complexity index is 741. The van der Waals surface area contributed by atoms with Crippen molar-refractivity contribution in [2.24, 2.45) is 0 Å². The lowest BCUT2D eigenvalue weighted by molar-refractivity contribution is 0.266. The largest absolute Gasteiger partial charge is 0.482 e. The van der Waals surface area contributed by atoms with Gasteiger partial charge in [0, 0.05) is 10.6 Å². The summed E-state index contributed by atoms with van der Waals surface area (Å²) in [5, 5.41) is 8.58. The van der Waals surface area contributed by atoms with E-state index in [2.05, 4.69) is 10.2 Å². The summed E-state index contributed by atoms with van der Waals surface area (Å²) in [6.07, 6.45) is 0. The van der Waals surface area contributed by atoms with E-state index in [1.807, 2.05) is 24.3 Å². The van der Waals surface area contributed by atoms with E-state index in [1.165, 1.54) is 0 Å². The van der Waals surface area contributed by atoms with Crippen LogP contribution in [0.5, 0.6) is 5.75 Å². The number of nitrogens with two attached hydrogens (primary N) is 1. The minimum atomic E-state index is 0.162. The molecular formula is C15H12ClN3O2. The first-order valence-corrected chi connectivity index (χ1v) is 6.66. The van der Waals surface area contributed by atoms with Gasteiger partial charge in [0.2, 0.25) is 5.89 Å². The molecule has 2 aromatic carbocycles. The molecule has 21 heavy (non-hydrogen) atoms. The highest BCUT2D eigenvalue weighted by molar-refractivity contribution is 6.30. The molecule has 106 valence electrons.